The van der Waals surface area contributed by atoms with E-state index in [1.54, 1.807) is 6.33 Å². The molecule has 0 radical (unpaired) electrons. The van der Waals surface area contributed by atoms with Crippen molar-refractivity contribution >= 4 is 16.9 Å². The van der Waals surface area contributed by atoms with E-state index in [0.717, 1.165) is 65.5 Å². The summed E-state index contributed by atoms with van der Waals surface area (Å²) < 4.78 is 7.86. The third-order valence-corrected chi connectivity index (χ3v) is 5.84. The lowest BCUT2D eigenvalue weighted by Crippen LogP contribution is -2.16. The zero-order chi connectivity index (χ0) is 21.9. The third kappa shape index (κ3) is 4.01. The molecule has 4 aromatic heterocycles. The van der Waals surface area contributed by atoms with Gasteiger partial charge in [-0.25, -0.2) is 15.0 Å². The van der Waals surface area contributed by atoms with Crippen LogP contribution in [-0.4, -0.2) is 49.4 Å². The summed E-state index contributed by atoms with van der Waals surface area (Å²) in [6.45, 7) is 4.26. The molecule has 8 nitrogen and oxygen atoms in total. The van der Waals surface area contributed by atoms with Crippen molar-refractivity contribution in [2.75, 3.05) is 25.1 Å². The second kappa shape index (κ2) is 8.92. The molecule has 0 spiro atoms. The molecule has 1 aliphatic rings. The molecule has 0 saturated carbocycles. The molecule has 5 heterocycles. The molecule has 164 valence electrons. The van der Waals surface area contributed by atoms with Crippen LogP contribution in [-0.2, 0) is 13.0 Å². The lowest BCUT2D eigenvalue weighted by atomic mass is 9.98. The van der Waals surface area contributed by atoms with Crippen molar-refractivity contribution in [3.8, 4) is 17.0 Å². The highest BCUT2D eigenvalue weighted by atomic mass is 16.5. The summed E-state index contributed by atoms with van der Waals surface area (Å²) >= 11 is 0. The number of aliphatic hydroxyl groups is 1. The van der Waals surface area contributed by atoms with E-state index >= 15 is 0 Å². The van der Waals surface area contributed by atoms with Crippen molar-refractivity contribution in [1.29, 1.82) is 0 Å². The predicted molar refractivity (Wildman–Crippen MR) is 123 cm³/mol. The van der Waals surface area contributed by atoms with Crippen molar-refractivity contribution in [1.82, 2.24) is 24.5 Å². The molecule has 0 fully saturated rings. The van der Waals surface area contributed by atoms with E-state index in [9.17, 15) is 5.11 Å². The van der Waals surface area contributed by atoms with Crippen molar-refractivity contribution < 1.29 is 9.84 Å². The number of anilines is 1. The molecule has 1 atom stereocenters. The van der Waals surface area contributed by atoms with E-state index in [2.05, 4.69) is 38.2 Å². The highest BCUT2D eigenvalue weighted by molar-refractivity contribution is 5.81. The Bertz CT molecular complexity index is 1240. The van der Waals surface area contributed by atoms with Gasteiger partial charge in [0.2, 0.25) is 0 Å². The van der Waals surface area contributed by atoms with E-state index in [1.165, 1.54) is 5.56 Å². The summed E-state index contributed by atoms with van der Waals surface area (Å²) in [5, 5.41) is 13.7. The summed E-state index contributed by atoms with van der Waals surface area (Å²) in [4.78, 5) is 17.9. The Morgan fingerprint density at radius 1 is 1.19 bits per heavy atom. The van der Waals surface area contributed by atoms with Crippen LogP contribution >= 0.6 is 0 Å². The molecule has 1 aliphatic heterocycles. The number of nitrogens with zero attached hydrogens (tertiary/aromatic N) is 5. The van der Waals surface area contributed by atoms with Crippen molar-refractivity contribution in [3.63, 3.8) is 0 Å². The van der Waals surface area contributed by atoms with Crippen molar-refractivity contribution in [2.45, 2.75) is 32.2 Å². The number of aryl methyl sites for hydroxylation is 1. The first-order chi connectivity index (χ1) is 15.7. The Morgan fingerprint density at radius 3 is 3.03 bits per heavy atom. The zero-order valence-corrected chi connectivity index (χ0v) is 18.0. The van der Waals surface area contributed by atoms with E-state index in [1.807, 2.05) is 41.4 Å². The van der Waals surface area contributed by atoms with Gasteiger partial charge in [0.1, 0.15) is 23.5 Å². The quantitative estimate of drug-likeness (QED) is 0.464. The van der Waals surface area contributed by atoms with Crippen LogP contribution in [0.15, 0.2) is 49.2 Å². The van der Waals surface area contributed by atoms with Gasteiger partial charge in [-0.2, -0.15) is 0 Å². The van der Waals surface area contributed by atoms with Crippen LogP contribution in [0, 0.1) is 0 Å². The second-order valence-corrected chi connectivity index (χ2v) is 8.07. The number of hydrogen-bond donors (Lipinski definition) is 2. The van der Waals surface area contributed by atoms with E-state index in [4.69, 9.17) is 4.74 Å². The molecule has 0 bridgehead atoms. The van der Waals surface area contributed by atoms with Gasteiger partial charge < -0.3 is 19.7 Å². The standard InChI is InChI=1S/C24H26N6O2/c1-16(19-4-6-25-20-3-2-10-32-23(19)20)13-26-22-12-21(28-15-29-22)18-11-17-5-7-30(8-9-31)24(17)27-14-18/h4-7,11-12,14-16,31H,2-3,8-10,13H2,1H3,(H,26,28,29). The topological polar surface area (TPSA) is 98.0 Å². The van der Waals surface area contributed by atoms with Crippen LogP contribution in [0.1, 0.15) is 30.5 Å². The summed E-state index contributed by atoms with van der Waals surface area (Å²) in [5.41, 5.74) is 4.82. The lowest BCUT2D eigenvalue weighted by Gasteiger charge is -2.22. The molecule has 0 aliphatic carbocycles. The SMILES string of the molecule is CC(CNc1cc(-c2cnc3c(ccn3CCO)c2)ncn1)c1ccnc2c1OCCC2. The van der Waals surface area contributed by atoms with Gasteiger partial charge >= 0.3 is 0 Å². The van der Waals surface area contributed by atoms with Crippen LogP contribution in [0.3, 0.4) is 0 Å². The number of pyridine rings is 2. The van der Waals surface area contributed by atoms with Crippen molar-refractivity contribution in [3.05, 3.63) is 60.4 Å². The maximum atomic E-state index is 9.20. The first-order valence-corrected chi connectivity index (χ1v) is 11.0. The average Bonchev–Trinajstić information content (AvgIpc) is 3.24. The minimum absolute atomic E-state index is 0.0843. The lowest BCUT2D eigenvalue weighted by molar-refractivity contribution is 0.278. The Hall–Kier alpha value is -3.52. The molecule has 0 saturated heterocycles. The molecule has 1 unspecified atom stereocenters. The average molecular weight is 431 g/mol. The fourth-order valence-corrected chi connectivity index (χ4v) is 4.14. The molecular weight excluding hydrogens is 404 g/mol. The summed E-state index contributed by atoms with van der Waals surface area (Å²) in [7, 11) is 0. The minimum atomic E-state index is 0.0843. The Balaban J connectivity index is 1.32. The number of nitrogens with one attached hydrogen (secondary N) is 1. The first kappa shape index (κ1) is 20.4. The van der Waals surface area contributed by atoms with Gasteiger partial charge in [0.05, 0.1) is 24.6 Å². The molecule has 4 aromatic rings. The third-order valence-electron chi connectivity index (χ3n) is 5.84. The van der Waals surface area contributed by atoms with Gasteiger partial charge in [-0.15, -0.1) is 0 Å². The summed E-state index contributed by atoms with van der Waals surface area (Å²) in [5.74, 6) is 1.96. The van der Waals surface area contributed by atoms with Crippen LogP contribution in [0.4, 0.5) is 5.82 Å². The fourth-order valence-electron chi connectivity index (χ4n) is 4.14. The minimum Gasteiger partial charge on any atom is -0.491 e. The molecule has 0 amide bonds. The Labute approximate surface area is 186 Å². The predicted octanol–water partition coefficient (Wildman–Crippen LogP) is 3.42. The van der Waals surface area contributed by atoms with Gasteiger partial charge in [-0.3, -0.25) is 4.98 Å². The number of aliphatic hydroxyl groups excluding tert-OH is 1. The summed E-state index contributed by atoms with van der Waals surface area (Å²) in [6, 6.07) is 8.05. The second-order valence-electron chi connectivity index (χ2n) is 8.07. The van der Waals surface area contributed by atoms with Gasteiger partial charge in [0, 0.05) is 60.2 Å². The highest BCUT2D eigenvalue weighted by Gasteiger charge is 2.19. The Kier molecular flexibility index (Phi) is 5.68. The number of ether oxygens (including phenoxy) is 1. The molecule has 8 heteroatoms. The number of aromatic nitrogens is 5. The van der Waals surface area contributed by atoms with Gasteiger partial charge in [0.15, 0.2) is 0 Å². The summed E-state index contributed by atoms with van der Waals surface area (Å²) in [6.07, 6.45) is 9.19. The van der Waals surface area contributed by atoms with E-state index in [-0.39, 0.29) is 12.5 Å². The van der Waals surface area contributed by atoms with Crippen LogP contribution in [0.25, 0.3) is 22.3 Å². The van der Waals surface area contributed by atoms with Crippen LogP contribution in [0.5, 0.6) is 5.75 Å². The Morgan fingerprint density at radius 2 is 2.12 bits per heavy atom. The van der Waals surface area contributed by atoms with Gasteiger partial charge in [-0.1, -0.05) is 6.92 Å². The number of fused-ring (bicyclic) bond motifs is 2. The molecule has 32 heavy (non-hydrogen) atoms. The molecule has 2 N–H and O–H groups in total. The van der Waals surface area contributed by atoms with Gasteiger partial charge in [-0.05, 0) is 31.0 Å². The normalized spacial score (nSPS) is 14.1. The fraction of sp³-hybridized carbons (Fsp3) is 0.333. The molecule has 5 rings (SSSR count). The van der Waals surface area contributed by atoms with Gasteiger partial charge in [0.25, 0.3) is 0 Å². The zero-order valence-electron chi connectivity index (χ0n) is 18.0. The van der Waals surface area contributed by atoms with E-state index in [0.29, 0.717) is 6.54 Å². The smallest absolute Gasteiger partial charge is 0.144 e. The maximum Gasteiger partial charge on any atom is 0.144 e. The van der Waals surface area contributed by atoms with Crippen LogP contribution < -0.4 is 10.1 Å². The first-order valence-electron chi connectivity index (χ1n) is 11.0. The molecule has 0 aromatic carbocycles. The largest absolute Gasteiger partial charge is 0.491 e. The highest BCUT2D eigenvalue weighted by Crippen LogP contribution is 2.32. The van der Waals surface area contributed by atoms with E-state index < -0.39 is 0 Å². The monoisotopic (exact) mass is 430 g/mol. The number of rotatable bonds is 7. The van der Waals surface area contributed by atoms with Crippen molar-refractivity contribution in [2.24, 2.45) is 0 Å². The maximum absolute atomic E-state index is 9.20. The van der Waals surface area contributed by atoms with Crippen LogP contribution in [0.2, 0.25) is 0 Å². The number of hydrogen-bond acceptors (Lipinski definition) is 7. The molecular formula is C24H26N6O2.